The third kappa shape index (κ3) is 4.76. The van der Waals surface area contributed by atoms with Crippen LogP contribution < -0.4 is 15.0 Å². The maximum Gasteiger partial charge on any atom is 0.333 e. The summed E-state index contributed by atoms with van der Waals surface area (Å²) in [7, 11) is 1.27. The summed E-state index contributed by atoms with van der Waals surface area (Å²) in [6.45, 7) is 1.84. The van der Waals surface area contributed by atoms with Gasteiger partial charge in [-0.15, -0.1) is 0 Å². The molecule has 2 atom stereocenters. The van der Waals surface area contributed by atoms with Crippen molar-refractivity contribution >= 4 is 39.4 Å². The smallest absolute Gasteiger partial charge is 0.333 e. The molecule has 152 valence electrons. The summed E-state index contributed by atoms with van der Waals surface area (Å²) in [5, 5.41) is 2.70. The predicted octanol–water partition coefficient (Wildman–Crippen LogP) is 2.98. The lowest BCUT2D eigenvalue weighted by Crippen LogP contribution is -2.46. The number of hydrogen-bond acceptors (Lipinski definition) is 5. The third-order valence-corrected chi connectivity index (χ3v) is 5.11. The molecule has 0 aromatic heterocycles. The predicted molar refractivity (Wildman–Crippen MR) is 111 cm³/mol. The second-order valence-corrected chi connectivity index (χ2v) is 7.46. The molecule has 0 radical (unpaired) electrons. The van der Waals surface area contributed by atoms with Crippen LogP contribution in [0.4, 0.5) is 5.69 Å². The van der Waals surface area contributed by atoms with Crippen molar-refractivity contribution in [2.75, 3.05) is 18.6 Å². The molecule has 0 spiro atoms. The topological polar surface area (TPSA) is 84.9 Å². The first-order chi connectivity index (χ1) is 13.9. The molecule has 0 saturated carbocycles. The quantitative estimate of drug-likeness (QED) is 0.669. The number of nitrogens with one attached hydrogen (secondary N) is 1. The van der Waals surface area contributed by atoms with E-state index in [0.717, 1.165) is 4.47 Å². The zero-order chi connectivity index (χ0) is 21.0. The Morgan fingerprint density at radius 3 is 2.59 bits per heavy atom. The van der Waals surface area contributed by atoms with Crippen molar-refractivity contribution in [1.82, 2.24) is 5.32 Å². The molecule has 0 fully saturated rings. The van der Waals surface area contributed by atoms with Gasteiger partial charge in [-0.25, -0.2) is 4.79 Å². The minimum atomic E-state index is -0.924. The fraction of sp³-hybridized carbons (Fsp3) is 0.286. The summed E-state index contributed by atoms with van der Waals surface area (Å²) in [6.07, 6.45) is -0.602. The number of carbonyl (C=O) groups excluding carboxylic acids is 3. The highest BCUT2D eigenvalue weighted by atomic mass is 79.9. The molecular formula is C21H21BrN2O5. The number of methoxy groups -OCH3 is 1. The van der Waals surface area contributed by atoms with Gasteiger partial charge in [-0.1, -0.05) is 40.2 Å². The maximum absolute atomic E-state index is 12.6. The van der Waals surface area contributed by atoms with E-state index in [1.54, 1.807) is 49.4 Å². The molecule has 0 saturated heterocycles. The van der Waals surface area contributed by atoms with Gasteiger partial charge in [0.2, 0.25) is 5.91 Å². The summed E-state index contributed by atoms with van der Waals surface area (Å²) in [4.78, 5) is 38.8. The van der Waals surface area contributed by atoms with Crippen molar-refractivity contribution < 1.29 is 23.9 Å². The molecule has 0 aliphatic carbocycles. The Morgan fingerprint density at radius 1 is 1.21 bits per heavy atom. The van der Waals surface area contributed by atoms with Crippen molar-refractivity contribution in [1.29, 1.82) is 0 Å². The van der Waals surface area contributed by atoms with Gasteiger partial charge in [0, 0.05) is 17.4 Å². The normalized spacial score (nSPS) is 16.4. The van der Waals surface area contributed by atoms with Crippen LogP contribution in [0, 0.1) is 0 Å². The van der Waals surface area contributed by atoms with E-state index < -0.39 is 18.1 Å². The molecule has 1 aliphatic rings. The van der Waals surface area contributed by atoms with Crippen LogP contribution in [0.25, 0.3) is 0 Å². The van der Waals surface area contributed by atoms with Gasteiger partial charge in [-0.05, 0) is 36.8 Å². The highest BCUT2D eigenvalue weighted by Crippen LogP contribution is 2.33. The van der Waals surface area contributed by atoms with Crippen LogP contribution in [-0.2, 0) is 19.1 Å². The highest BCUT2D eigenvalue weighted by molar-refractivity contribution is 9.10. The number of anilines is 1. The number of rotatable bonds is 6. The maximum atomic E-state index is 12.6. The molecule has 1 N–H and O–H groups in total. The Morgan fingerprint density at radius 2 is 1.90 bits per heavy atom. The average Bonchev–Trinajstić information content (AvgIpc) is 2.72. The monoisotopic (exact) mass is 460 g/mol. The number of hydrogen-bond donors (Lipinski definition) is 1. The van der Waals surface area contributed by atoms with Crippen molar-refractivity contribution in [3.63, 3.8) is 0 Å². The van der Waals surface area contributed by atoms with Crippen LogP contribution in [-0.4, -0.2) is 37.5 Å². The largest absolute Gasteiger partial charge is 0.479 e. The highest BCUT2D eigenvalue weighted by Gasteiger charge is 2.32. The minimum absolute atomic E-state index is 0.0246. The summed E-state index contributed by atoms with van der Waals surface area (Å²) in [6, 6.07) is 13.3. The molecule has 0 bridgehead atoms. The molecule has 1 heterocycles. The Balaban J connectivity index is 1.70. The van der Waals surface area contributed by atoms with Crippen LogP contribution in [0.3, 0.4) is 0 Å². The molecule has 2 aromatic rings. The lowest BCUT2D eigenvalue weighted by molar-refractivity contribution is -0.145. The Labute approximate surface area is 177 Å². The molecular weight excluding hydrogens is 440 g/mol. The first-order valence-corrected chi connectivity index (χ1v) is 9.89. The number of fused-ring (bicyclic) bond motifs is 1. The van der Waals surface area contributed by atoms with E-state index in [9.17, 15) is 14.4 Å². The standard InChI is InChI=1S/C21H21BrN2O5/c1-13-20(26)24(16-5-3-4-6-17(16)29-13)12-11-18(25)23-19(21(27)28-2)14-7-9-15(22)10-8-14/h3-10,13,19H,11-12H2,1-2H3,(H,23,25). The third-order valence-electron chi connectivity index (χ3n) is 4.58. The number of esters is 1. The molecule has 2 amide bonds. The number of halogens is 1. The fourth-order valence-electron chi connectivity index (χ4n) is 3.09. The molecule has 29 heavy (non-hydrogen) atoms. The molecule has 3 rings (SSSR count). The van der Waals surface area contributed by atoms with Gasteiger partial charge < -0.3 is 19.7 Å². The number of nitrogens with zero attached hydrogens (tertiary/aromatic N) is 1. The summed E-state index contributed by atoms with van der Waals surface area (Å²) >= 11 is 3.34. The number of carbonyl (C=O) groups is 3. The van der Waals surface area contributed by atoms with Crippen molar-refractivity contribution in [2.45, 2.75) is 25.5 Å². The molecule has 2 aromatic carbocycles. The van der Waals surface area contributed by atoms with Crippen LogP contribution >= 0.6 is 15.9 Å². The first kappa shape index (κ1) is 20.9. The number of ether oxygens (including phenoxy) is 2. The summed E-state index contributed by atoms with van der Waals surface area (Å²) < 4.78 is 11.3. The van der Waals surface area contributed by atoms with Gasteiger partial charge in [0.25, 0.3) is 5.91 Å². The zero-order valence-corrected chi connectivity index (χ0v) is 17.6. The molecule has 8 heteroatoms. The first-order valence-electron chi connectivity index (χ1n) is 9.10. The van der Waals surface area contributed by atoms with Crippen LogP contribution in [0.5, 0.6) is 5.75 Å². The second kappa shape index (κ2) is 9.09. The number of para-hydroxylation sites is 2. The van der Waals surface area contributed by atoms with E-state index >= 15 is 0 Å². The minimum Gasteiger partial charge on any atom is -0.479 e. The molecule has 7 nitrogen and oxygen atoms in total. The molecule has 1 aliphatic heterocycles. The van der Waals surface area contributed by atoms with Gasteiger partial charge in [-0.2, -0.15) is 0 Å². The van der Waals surface area contributed by atoms with Crippen molar-refractivity contribution in [3.05, 3.63) is 58.6 Å². The van der Waals surface area contributed by atoms with E-state index in [0.29, 0.717) is 17.0 Å². The average molecular weight is 461 g/mol. The van der Waals surface area contributed by atoms with Crippen LogP contribution in [0.2, 0.25) is 0 Å². The SMILES string of the molecule is COC(=O)C(NC(=O)CCN1C(=O)C(C)Oc2ccccc21)c1ccc(Br)cc1. The van der Waals surface area contributed by atoms with Gasteiger partial charge in [0.1, 0.15) is 5.75 Å². The molecule has 2 unspecified atom stereocenters. The zero-order valence-electron chi connectivity index (χ0n) is 16.1. The van der Waals surface area contributed by atoms with Crippen LogP contribution in [0.15, 0.2) is 53.0 Å². The van der Waals surface area contributed by atoms with E-state index in [1.807, 2.05) is 6.07 Å². The summed E-state index contributed by atoms with van der Waals surface area (Å²) in [5.74, 6) is -0.550. The van der Waals surface area contributed by atoms with Gasteiger partial charge in [0.15, 0.2) is 12.1 Å². The van der Waals surface area contributed by atoms with Crippen molar-refractivity contribution in [2.24, 2.45) is 0 Å². The number of benzene rings is 2. The second-order valence-electron chi connectivity index (χ2n) is 6.54. The lowest BCUT2D eigenvalue weighted by Gasteiger charge is -2.32. The van der Waals surface area contributed by atoms with Gasteiger partial charge in [-0.3, -0.25) is 9.59 Å². The van der Waals surface area contributed by atoms with Gasteiger partial charge in [0.05, 0.1) is 12.8 Å². The van der Waals surface area contributed by atoms with E-state index in [2.05, 4.69) is 21.2 Å². The van der Waals surface area contributed by atoms with Gasteiger partial charge >= 0.3 is 5.97 Å². The van der Waals surface area contributed by atoms with Crippen molar-refractivity contribution in [3.8, 4) is 5.75 Å². The van der Waals surface area contributed by atoms with E-state index in [1.165, 1.54) is 12.0 Å². The lowest BCUT2D eigenvalue weighted by atomic mass is 10.1. The summed E-state index contributed by atoms with van der Waals surface area (Å²) in [5.41, 5.74) is 1.23. The fourth-order valence-corrected chi connectivity index (χ4v) is 3.35. The Kier molecular flexibility index (Phi) is 6.53. The van der Waals surface area contributed by atoms with Crippen LogP contribution in [0.1, 0.15) is 24.9 Å². The van der Waals surface area contributed by atoms with E-state index in [-0.39, 0.29) is 24.8 Å². The Bertz CT molecular complexity index is 916. The Hall–Kier alpha value is -2.87. The van der Waals surface area contributed by atoms with E-state index in [4.69, 9.17) is 9.47 Å². The number of amides is 2.